The number of unbranched alkanes of at least 4 members (excludes halogenated alkanes) is 1. The molecule has 0 bridgehead atoms. The van der Waals surface area contributed by atoms with E-state index in [1.54, 1.807) is 14.2 Å². The van der Waals surface area contributed by atoms with Crippen LogP contribution in [0.3, 0.4) is 0 Å². The predicted molar refractivity (Wildman–Crippen MR) is 115 cm³/mol. The van der Waals surface area contributed by atoms with Gasteiger partial charge in [-0.3, -0.25) is 4.99 Å². The Kier molecular flexibility index (Phi) is 23.7. The lowest BCUT2D eigenvalue weighted by atomic mass is 10.4. The SMILES string of the molecule is CCCCOCCOCCNC(=NC)NCCCN(C)CCOC.I. The van der Waals surface area contributed by atoms with Crippen LogP contribution in [0.25, 0.3) is 0 Å². The van der Waals surface area contributed by atoms with Gasteiger partial charge in [0, 0.05) is 40.4 Å². The number of likely N-dealkylation sites (N-methyl/N-ethyl adjacent to an activating group) is 1. The molecule has 8 heteroatoms. The molecule has 0 saturated carbocycles. The monoisotopic (exact) mass is 474 g/mol. The highest BCUT2D eigenvalue weighted by atomic mass is 127. The Balaban J connectivity index is 0. The molecule has 0 aromatic rings. The first-order valence-corrected chi connectivity index (χ1v) is 9.02. The van der Waals surface area contributed by atoms with Crippen LogP contribution in [-0.2, 0) is 14.2 Å². The number of hydrogen-bond donors (Lipinski definition) is 2. The molecule has 0 aromatic heterocycles. The molecule has 0 fully saturated rings. The summed E-state index contributed by atoms with van der Waals surface area (Å²) in [7, 11) is 5.62. The van der Waals surface area contributed by atoms with Crippen molar-refractivity contribution >= 4 is 29.9 Å². The fourth-order valence-electron chi connectivity index (χ4n) is 1.95. The zero-order valence-electron chi connectivity index (χ0n) is 16.5. The minimum atomic E-state index is 0. The van der Waals surface area contributed by atoms with E-state index in [-0.39, 0.29) is 24.0 Å². The molecule has 0 aromatic carbocycles. The Bertz CT molecular complexity index is 297. The summed E-state index contributed by atoms with van der Waals surface area (Å²) in [5.41, 5.74) is 0. The van der Waals surface area contributed by atoms with Gasteiger partial charge in [-0.2, -0.15) is 0 Å². The normalized spacial score (nSPS) is 11.5. The largest absolute Gasteiger partial charge is 0.383 e. The molecule has 0 heterocycles. The number of rotatable bonds is 16. The molecular weight excluding hydrogens is 435 g/mol. The van der Waals surface area contributed by atoms with Crippen molar-refractivity contribution in [1.29, 1.82) is 0 Å². The molecule has 0 aliphatic carbocycles. The summed E-state index contributed by atoms with van der Waals surface area (Å²) in [6.07, 6.45) is 3.35. The third-order valence-electron chi connectivity index (χ3n) is 3.46. The molecule has 0 rings (SSSR count). The number of methoxy groups -OCH3 is 1. The fraction of sp³-hybridized carbons (Fsp3) is 0.941. The molecule has 0 radical (unpaired) electrons. The van der Waals surface area contributed by atoms with Crippen molar-refractivity contribution in [2.45, 2.75) is 26.2 Å². The summed E-state index contributed by atoms with van der Waals surface area (Å²) in [5.74, 6) is 0.817. The van der Waals surface area contributed by atoms with Crippen molar-refractivity contribution in [3.05, 3.63) is 0 Å². The number of aliphatic imine (C=N–C) groups is 1. The molecule has 2 N–H and O–H groups in total. The van der Waals surface area contributed by atoms with Gasteiger partial charge < -0.3 is 29.7 Å². The first-order valence-electron chi connectivity index (χ1n) is 9.02. The van der Waals surface area contributed by atoms with Gasteiger partial charge in [0.1, 0.15) is 0 Å². The highest BCUT2D eigenvalue weighted by Gasteiger charge is 1.99. The molecule has 25 heavy (non-hydrogen) atoms. The van der Waals surface area contributed by atoms with Crippen LogP contribution in [0, 0.1) is 0 Å². The number of nitrogens with one attached hydrogen (secondary N) is 2. The average molecular weight is 474 g/mol. The molecule has 0 aliphatic rings. The summed E-state index contributed by atoms with van der Waals surface area (Å²) in [4.78, 5) is 6.46. The molecule has 0 spiro atoms. The Morgan fingerprint density at radius 3 is 2.24 bits per heavy atom. The molecule has 0 unspecified atom stereocenters. The van der Waals surface area contributed by atoms with Gasteiger partial charge in [0.2, 0.25) is 0 Å². The number of nitrogens with zero attached hydrogens (tertiary/aromatic N) is 2. The van der Waals surface area contributed by atoms with Crippen LogP contribution in [0.15, 0.2) is 4.99 Å². The molecule has 7 nitrogen and oxygen atoms in total. The Labute approximate surface area is 171 Å². The van der Waals surface area contributed by atoms with Crippen LogP contribution < -0.4 is 10.6 Å². The smallest absolute Gasteiger partial charge is 0.191 e. The minimum Gasteiger partial charge on any atom is -0.383 e. The van der Waals surface area contributed by atoms with Crippen LogP contribution >= 0.6 is 24.0 Å². The molecule has 0 saturated heterocycles. The topological polar surface area (TPSA) is 67.4 Å². The van der Waals surface area contributed by atoms with Crippen LogP contribution in [-0.4, -0.2) is 91.3 Å². The zero-order chi connectivity index (χ0) is 17.9. The van der Waals surface area contributed by atoms with Crippen LogP contribution in [0.2, 0.25) is 0 Å². The Morgan fingerprint density at radius 1 is 0.920 bits per heavy atom. The highest BCUT2D eigenvalue weighted by molar-refractivity contribution is 14.0. The minimum absolute atomic E-state index is 0. The number of guanidine groups is 1. The molecular formula is C17H39IN4O3. The van der Waals surface area contributed by atoms with E-state index in [2.05, 4.69) is 34.5 Å². The van der Waals surface area contributed by atoms with E-state index >= 15 is 0 Å². The molecule has 152 valence electrons. The van der Waals surface area contributed by atoms with E-state index in [0.717, 1.165) is 58.2 Å². The van der Waals surface area contributed by atoms with Gasteiger partial charge in [0.15, 0.2) is 5.96 Å². The van der Waals surface area contributed by atoms with Gasteiger partial charge in [0.05, 0.1) is 26.4 Å². The summed E-state index contributed by atoms with van der Waals surface area (Å²) in [5, 5.41) is 6.55. The van der Waals surface area contributed by atoms with E-state index < -0.39 is 0 Å². The van der Waals surface area contributed by atoms with Crippen molar-refractivity contribution in [3.8, 4) is 0 Å². The lowest BCUT2D eigenvalue weighted by Gasteiger charge is -2.17. The molecule has 0 aliphatic heterocycles. The maximum atomic E-state index is 5.51. The van der Waals surface area contributed by atoms with Crippen LogP contribution in [0.1, 0.15) is 26.2 Å². The average Bonchev–Trinajstić information content (AvgIpc) is 2.60. The summed E-state index contributed by atoms with van der Waals surface area (Å²) < 4.78 is 16.0. The van der Waals surface area contributed by atoms with E-state index in [0.29, 0.717) is 19.8 Å². The Morgan fingerprint density at radius 2 is 1.60 bits per heavy atom. The lowest BCUT2D eigenvalue weighted by Crippen LogP contribution is -2.40. The van der Waals surface area contributed by atoms with Crippen LogP contribution in [0.4, 0.5) is 0 Å². The van der Waals surface area contributed by atoms with Gasteiger partial charge in [-0.05, 0) is 26.4 Å². The first-order chi connectivity index (χ1) is 11.7. The second-order valence-corrected chi connectivity index (χ2v) is 5.65. The summed E-state index contributed by atoms with van der Waals surface area (Å²) in [6.45, 7) is 9.35. The highest BCUT2D eigenvalue weighted by Crippen LogP contribution is 1.88. The number of ether oxygens (including phenoxy) is 3. The second-order valence-electron chi connectivity index (χ2n) is 5.65. The first kappa shape index (κ1) is 27.1. The Hall–Kier alpha value is -0.160. The van der Waals surface area contributed by atoms with Crippen molar-refractivity contribution in [2.24, 2.45) is 4.99 Å². The lowest BCUT2D eigenvalue weighted by molar-refractivity contribution is 0.0487. The standard InChI is InChI=1S/C17H38N4O3.HI/c1-5-6-12-23-15-16-24-13-9-20-17(18-2)19-8-7-10-21(3)11-14-22-4;/h5-16H2,1-4H3,(H2,18,19,20);1H. The van der Waals surface area contributed by atoms with Crippen molar-refractivity contribution in [1.82, 2.24) is 15.5 Å². The quantitative estimate of drug-likeness (QED) is 0.153. The summed E-state index contributed by atoms with van der Waals surface area (Å²) in [6, 6.07) is 0. The van der Waals surface area contributed by atoms with Crippen molar-refractivity contribution in [3.63, 3.8) is 0 Å². The molecule has 0 atom stereocenters. The van der Waals surface area contributed by atoms with Gasteiger partial charge in [-0.25, -0.2) is 0 Å². The molecule has 0 amide bonds. The maximum absolute atomic E-state index is 5.51. The van der Waals surface area contributed by atoms with Gasteiger partial charge >= 0.3 is 0 Å². The third kappa shape index (κ3) is 20.0. The van der Waals surface area contributed by atoms with Crippen molar-refractivity contribution in [2.75, 3.05) is 80.4 Å². The third-order valence-corrected chi connectivity index (χ3v) is 3.46. The van der Waals surface area contributed by atoms with Gasteiger partial charge in [-0.15, -0.1) is 24.0 Å². The van der Waals surface area contributed by atoms with E-state index in [1.165, 1.54) is 6.42 Å². The van der Waals surface area contributed by atoms with Crippen molar-refractivity contribution < 1.29 is 14.2 Å². The maximum Gasteiger partial charge on any atom is 0.191 e. The number of hydrogen-bond acceptors (Lipinski definition) is 5. The van der Waals surface area contributed by atoms with Gasteiger partial charge in [-0.1, -0.05) is 13.3 Å². The fourth-order valence-corrected chi connectivity index (χ4v) is 1.95. The van der Waals surface area contributed by atoms with E-state index in [1.807, 2.05) is 0 Å². The van der Waals surface area contributed by atoms with Gasteiger partial charge in [0.25, 0.3) is 0 Å². The van der Waals surface area contributed by atoms with E-state index in [9.17, 15) is 0 Å². The zero-order valence-corrected chi connectivity index (χ0v) is 18.8. The predicted octanol–water partition coefficient (Wildman–Crippen LogP) is 1.57. The van der Waals surface area contributed by atoms with Crippen LogP contribution in [0.5, 0.6) is 0 Å². The number of halogens is 1. The second kappa shape index (κ2) is 21.9. The van der Waals surface area contributed by atoms with E-state index in [4.69, 9.17) is 14.2 Å². The summed E-state index contributed by atoms with van der Waals surface area (Å²) >= 11 is 0.